The minimum absolute atomic E-state index is 0.276. The Morgan fingerprint density at radius 3 is 2.47 bits per heavy atom. The quantitative estimate of drug-likeness (QED) is 0.262. The molecule has 2 aliphatic heterocycles. The number of thioether (sulfide) groups is 2. The Balaban J connectivity index is 1.72. The lowest BCUT2D eigenvalue weighted by Crippen LogP contribution is -2.29. The molecule has 1 saturated heterocycles. The first-order valence-electron chi connectivity index (χ1n) is 11.2. The third-order valence-corrected chi connectivity index (χ3v) is 9.23. The number of allylic oxidation sites excluding steroid dienone is 2. The van der Waals surface area contributed by atoms with Crippen LogP contribution in [0.5, 0.6) is 0 Å². The molecular formula is C21H30N3O8S4+. The topological polar surface area (TPSA) is 150 Å². The van der Waals surface area contributed by atoms with Crippen molar-refractivity contribution in [3.63, 3.8) is 0 Å². The van der Waals surface area contributed by atoms with Gasteiger partial charge in [0.05, 0.1) is 22.3 Å². The third-order valence-electron chi connectivity index (χ3n) is 5.47. The lowest BCUT2D eigenvalue weighted by Gasteiger charge is -2.17. The first-order chi connectivity index (χ1) is 16.9. The van der Waals surface area contributed by atoms with Gasteiger partial charge in [0.15, 0.2) is 6.54 Å². The maximum Gasteiger partial charge on any atom is 0.361 e. The van der Waals surface area contributed by atoms with E-state index in [4.69, 9.17) is 13.5 Å². The van der Waals surface area contributed by atoms with Gasteiger partial charge in [-0.25, -0.2) is 9.37 Å². The average Bonchev–Trinajstić information content (AvgIpc) is 3.46. The van der Waals surface area contributed by atoms with Gasteiger partial charge >= 0.3 is 5.63 Å². The van der Waals surface area contributed by atoms with Crippen LogP contribution < -0.4 is 16.5 Å². The molecule has 200 valence electrons. The summed E-state index contributed by atoms with van der Waals surface area (Å²) >= 11 is 3.25. The molecule has 11 nitrogen and oxygen atoms in total. The fourth-order valence-corrected chi connectivity index (χ4v) is 6.81. The van der Waals surface area contributed by atoms with Gasteiger partial charge in [0.25, 0.3) is 20.2 Å². The van der Waals surface area contributed by atoms with Crippen LogP contribution >= 0.6 is 23.5 Å². The van der Waals surface area contributed by atoms with Crippen LogP contribution in [0.3, 0.4) is 0 Å². The minimum Gasteiger partial charge on any atom is -0.405 e. The number of oxazole rings is 1. The molecule has 0 unspecified atom stereocenters. The SMILES string of the molecule is Cn1c(=CC=CC2=[N+](CCCS(=O)(=O)O)CCS2)oc(=O)c1=CC=C1SCCN1CCCS(=O)(=O)O. The zero-order chi connectivity index (χ0) is 26.3. The summed E-state index contributed by atoms with van der Waals surface area (Å²) in [6.07, 6.45) is 9.46. The molecule has 0 aromatic carbocycles. The highest BCUT2D eigenvalue weighted by atomic mass is 32.2. The summed E-state index contributed by atoms with van der Waals surface area (Å²) in [7, 11) is -6.23. The lowest BCUT2D eigenvalue weighted by molar-refractivity contribution is -0.516. The first-order valence-corrected chi connectivity index (χ1v) is 16.4. The maximum absolute atomic E-state index is 12.4. The Kier molecular flexibility index (Phi) is 10.1. The lowest BCUT2D eigenvalue weighted by atomic mass is 10.4. The zero-order valence-electron chi connectivity index (χ0n) is 19.8. The van der Waals surface area contributed by atoms with E-state index >= 15 is 0 Å². The molecule has 0 atom stereocenters. The highest BCUT2D eigenvalue weighted by molar-refractivity contribution is 8.14. The van der Waals surface area contributed by atoms with E-state index in [2.05, 4.69) is 0 Å². The van der Waals surface area contributed by atoms with Crippen molar-refractivity contribution in [2.75, 3.05) is 49.2 Å². The van der Waals surface area contributed by atoms with Crippen molar-refractivity contribution in [1.82, 2.24) is 9.47 Å². The highest BCUT2D eigenvalue weighted by Gasteiger charge is 2.21. The van der Waals surface area contributed by atoms with Crippen LogP contribution in [0.2, 0.25) is 0 Å². The summed E-state index contributed by atoms with van der Waals surface area (Å²) in [4.78, 5) is 14.4. The number of aromatic nitrogens is 1. The standard InChI is InChI=1S/C21H29N3O8S4/c1-22-17(7-8-20-24(12-14-34-20)10-4-16-36(29,30)31)21(25)32-18(22)5-2-6-19-23(11-13-33-19)9-3-15-35(26,27)28/h2,5-8H,3-4,9-16H2,1H3,(H-,26,27,28,29,30,31)/p+1. The fraction of sp³-hybridized carbons (Fsp3) is 0.524. The van der Waals surface area contributed by atoms with Crippen molar-refractivity contribution in [2.45, 2.75) is 12.8 Å². The molecule has 1 aromatic rings. The van der Waals surface area contributed by atoms with Gasteiger partial charge in [-0.1, -0.05) is 11.8 Å². The van der Waals surface area contributed by atoms with Gasteiger partial charge in [-0.05, 0) is 30.7 Å². The minimum atomic E-state index is -3.99. The second-order valence-electron chi connectivity index (χ2n) is 8.16. The van der Waals surface area contributed by atoms with Gasteiger partial charge in [-0.2, -0.15) is 16.8 Å². The van der Waals surface area contributed by atoms with E-state index in [0.717, 1.165) is 34.7 Å². The molecule has 0 bridgehead atoms. The normalized spacial score (nSPS) is 19.6. The second kappa shape index (κ2) is 12.6. The number of nitrogens with zero attached hydrogens (tertiary/aromatic N) is 3. The van der Waals surface area contributed by atoms with Crippen LogP contribution in [-0.4, -0.2) is 94.2 Å². The molecular weight excluding hydrogens is 551 g/mol. The molecule has 0 saturated carbocycles. The molecule has 0 aliphatic carbocycles. The molecule has 0 radical (unpaired) electrons. The fourth-order valence-electron chi connectivity index (χ4n) is 3.71. The molecule has 36 heavy (non-hydrogen) atoms. The molecule has 2 N–H and O–H groups in total. The molecule has 2 aliphatic rings. The molecule has 15 heteroatoms. The summed E-state index contributed by atoms with van der Waals surface area (Å²) in [6.45, 7) is 2.55. The summed E-state index contributed by atoms with van der Waals surface area (Å²) in [6, 6.07) is 0. The largest absolute Gasteiger partial charge is 0.405 e. The number of rotatable bonds is 11. The molecule has 3 heterocycles. The first kappa shape index (κ1) is 28.8. The molecule has 3 rings (SSSR count). The van der Waals surface area contributed by atoms with Gasteiger partial charge in [-0.15, -0.1) is 11.8 Å². The van der Waals surface area contributed by atoms with Crippen molar-refractivity contribution in [3.05, 3.63) is 44.6 Å². The van der Waals surface area contributed by atoms with Crippen molar-refractivity contribution < 1.29 is 34.9 Å². The van der Waals surface area contributed by atoms with Crippen LogP contribution in [0.25, 0.3) is 12.2 Å². The summed E-state index contributed by atoms with van der Waals surface area (Å²) in [5, 5.41) is 2.25. The van der Waals surface area contributed by atoms with Crippen LogP contribution in [0.1, 0.15) is 12.8 Å². The Labute approximate surface area is 218 Å². The van der Waals surface area contributed by atoms with Gasteiger partial charge in [0.1, 0.15) is 11.9 Å². The Bertz CT molecular complexity index is 1440. The monoisotopic (exact) mass is 580 g/mol. The molecule has 0 amide bonds. The Morgan fingerprint density at radius 1 is 1.03 bits per heavy atom. The Morgan fingerprint density at radius 2 is 1.75 bits per heavy atom. The van der Waals surface area contributed by atoms with Gasteiger partial charge < -0.3 is 13.9 Å². The highest BCUT2D eigenvalue weighted by Crippen LogP contribution is 2.27. The predicted molar refractivity (Wildman–Crippen MR) is 143 cm³/mol. The number of hydrogen-bond acceptors (Lipinski definition) is 9. The van der Waals surface area contributed by atoms with Crippen LogP contribution in [0.4, 0.5) is 0 Å². The number of hydrogen-bond donors (Lipinski definition) is 2. The van der Waals surface area contributed by atoms with E-state index in [1.165, 1.54) is 0 Å². The van der Waals surface area contributed by atoms with Crippen molar-refractivity contribution in [3.8, 4) is 0 Å². The van der Waals surface area contributed by atoms with Crippen molar-refractivity contribution in [2.24, 2.45) is 7.05 Å². The zero-order valence-corrected chi connectivity index (χ0v) is 23.0. The van der Waals surface area contributed by atoms with Gasteiger partial charge in [0.2, 0.25) is 10.6 Å². The molecule has 0 spiro atoms. The molecule has 1 aromatic heterocycles. The van der Waals surface area contributed by atoms with Crippen LogP contribution in [0, 0.1) is 0 Å². The second-order valence-corrected chi connectivity index (χ2v) is 13.5. The van der Waals surface area contributed by atoms with Crippen molar-refractivity contribution >= 4 is 61.0 Å². The predicted octanol–water partition coefficient (Wildman–Crippen LogP) is -0.301. The van der Waals surface area contributed by atoms with Crippen LogP contribution in [0.15, 0.2) is 32.5 Å². The van der Waals surface area contributed by atoms with E-state index in [0.29, 0.717) is 36.8 Å². The van der Waals surface area contributed by atoms with Crippen molar-refractivity contribution in [1.29, 1.82) is 0 Å². The van der Waals surface area contributed by atoms with E-state index < -0.39 is 25.9 Å². The third kappa shape index (κ3) is 8.95. The van der Waals surface area contributed by atoms with Gasteiger partial charge in [-0.3, -0.25) is 9.11 Å². The van der Waals surface area contributed by atoms with E-state index in [1.54, 1.807) is 53.4 Å². The molecule has 1 fully saturated rings. The summed E-state index contributed by atoms with van der Waals surface area (Å²) < 4.78 is 70.6. The van der Waals surface area contributed by atoms with E-state index in [9.17, 15) is 21.6 Å². The van der Waals surface area contributed by atoms with Gasteiger partial charge in [0, 0.05) is 38.4 Å². The van der Waals surface area contributed by atoms with E-state index in [1.807, 2.05) is 21.6 Å². The maximum atomic E-state index is 12.4. The summed E-state index contributed by atoms with van der Waals surface area (Å²) in [5.74, 6) is 1.16. The average molecular weight is 581 g/mol. The Hall–Kier alpha value is -1.78. The summed E-state index contributed by atoms with van der Waals surface area (Å²) in [5.41, 5.74) is -0.115. The smallest absolute Gasteiger partial charge is 0.361 e. The van der Waals surface area contributed by atoms with Crippen LogP contribution in [-0.2, 0) is 27.3 Å². The van der Waals surface area contributed by atoms with E-state index in [-0.39, 0.29) is 11.5 Å².